The van der Waals surface area contributed by atoms with Crippen molar-refractivity contribution in [2.75, 3.05) is 18.0 Å². The zero-order chi connectivity index (χ0) is 20.5. The van der Waals surface area contributed by atoms with E-state index < -0.39 is 23.4 Å². The van der Waals surface area contributed by atoms with Crippen molar-refractivity contribution in [2.24, 2.45) is 5.92 Å². The summed E-state index contributed by atoms with van der Waals surface area (Å²) in [6.07, 6.45) is 3.98. The Morgan fingerprint density at radius 3 is 2.52 bits per heavy atom. The molecule has 1 saturated carbocycles. The summed E-state index contributed by atoms with van der Waals surface area (Å²) in [6, 6.07) is 2.20. The Kier molecular flexibility index (Phi) is 5.29. The number of ether oxygens (including phenoxy) is 1. The van der Waals surface area contributed by atoms with Crippen LogP contribution in [-0.2, 0) is 4.79 Å². The lowest BCUT2D eigenvalue weighted by molar-refractivity contribution is -0.137. The number of benzene rings is 1. The van der Waals surface area contributed by atoms with Gasteiger partial charge in [-0.1, -0.05) is 0 Å². The van der Waals surface area contributed by atoms with Gasteiger partial charge in [0.25, 0.3) is 5.88 Å². The molecule has 2 heterocycles. The first-order valence-electron chi connectivity index (χ1n) is 9.56. The van der Waals surface area contributed by atoms with Crippen molar-refractivity contribution in [2.45, 2.75) is 38.2 Å². The molecule has 1 aliphatic carbocycles. The molecule has 2 fully saturated rings. The maximum absolute atomic E-state index is 14.7. The van der Waals surface area contributed by atoms with E-state index in [2.05, 4.69) is 9.97 Å². The highest BCUT2D eigenvalue weighted by Gasteiger charge is 2.29. The number of anilines is 1. The van der Waals surface area contributed by atoms with Crippen LogP contribution in [0.2, 0.25) is 0 Å². The summed E-state index contributed by atoms with van der Waals surface area (Å²) in [6.45, 7) is 0.642. The standard InChI is InChI=1S/C20H20F3N3O3/c21-14-7-12(19-24-9-16(23)20(25-19)29-13-2-1-3-13)8-15(22)18(14)26-5-4-11(10-26)6-17(27)28/h7-9,11,13H,1-6,10H2,(H,27,28). The van der Waals surface area contributed by atoms with Crippen LogP contribution in [-0.4, -0.2) is 40.2 Å². The third-order valence-corrected chi connectivity index (χ3v) is 5.38. The average Bonchev–Trinajstić information content (AvgIpc) is 3.06. The fourth-order valence-corrected chi connectivity index (χ4v) is 3.67. The Morgan fingerprint density at radius 1 is 1.17 bits per heavy atom. The van der Waals surface area contributed by atoms with Gasteiger partial charge in [-0.25, -0.2) is 13.8 Å². The minimum atomic E-state index is -0.929. The Morgan fingerprint density at radius 2 is 1.90 bits per heavy atom. The molecule has 0 amide bonds. The summed E-state index contributed by atoms with van der Waals surface area (Å²) in [7, 11) is 0. The molecule has 9 heteroatoms. The van der Waals surface area contributed by atoms with Gasteiger partial charge in [-0.2, -0.15) is 9.37 Å². The average molecular weight is 407 g/mol. The molecule has 0 radical (unpaired) electrons. The lowest BCUT2D eigenvalue weighted by atomic mass is 9.96. The number of carbonyl (C=O) groups is 1. The van der Waals surface area contributed by atoms with E-state index >= 15 is 0 Å². The van der Waals surface area contributed by atoms with Gasteiger partial charge in [-0.3, -0.25) is 4.79 Å². The number of carboxylic acids is 1. The molecule has 1 aromatic carbocycles. The van der Waals surface area contributed by atoms with Crippen LogP contribution < -0.4 is 9.64 Å². The second kappa shape index (κ2) is 7.88. The van der Waals surface area contributed by atoms with Crippen LogP contribution in [0, 0.1) is 23.4 Å². The van der Waals surface area contributed by atoms with Gasteiger partial charge in [-0.15, -0.1) is 0 Å². The van der Waals surface area contributed by atoms with Crippen LogP contribution >= 0.6 is 0 Å². The van der Waals surface area contributed by atoms with Gasteiger partial charge in [0.1, 0.15) is 23.4 Å². The van der Waals surface area contributed by atoms with Crippen LogP contribution in [0.1, 0.15) is 32.1 Å². The first-order valence-corrected chi connectivity index (χ1v) is 9.56. The molecule has 1 unspecified atom stereocenters. The molecular formula is C20H20F3N3O3. The third kappa shape index (κ3) is 4.13. The lowest BCUT2D eigenvalue weighted by Crippen LogP contribution is -2.25. The Balaban J connectivity index is 1.57. The maximum atomic E-state index is 14.7. The number of aliphatic carboxylic acids is 1. The van der Waals surface area contributed by atoms with Crippen LogP contribution in [0.3, 0.4) is 0 Å². The number of halogens is 3. The molecule has 1 aliphatic heterocycles. The Hall–Kier alpha value is -2.84. The van der Waals surface area contributed by atoms with Crippen molar-refractivity contribution in [1.29, 1.82) is 0 Å². The number of hydrogen-bond acceptors (Lipinski definition) is 5. The number of hydrogen-bond donors (Lipinski definition) is 1. The van der Waals surface area contributed by atoms with E-state index in [1.54, 1.807) is 0 Å². The predicted octanol–water partition coefficient (Wildman–Crippen LogP) is 3.79. The van der Waals surface area contributed by atoms with Gasteiger partial charge in [0, 0.05) is 25.1 Å². The van der Waals surface area contributed by atoms with Crippen molar-refractivity contribution in [1.82, 2.24) is 9.97 Å². The molecule has 6 nitrogen and oxygen atoms in total. The first-order chi connectivity index (χ1) is 13.9. The number of rotatable bonds is 6. The van der Waals surface area contributed by atoms with Gasteiger partial charge in [0.05, 0.1) is 6.20 Å². The molecule has 1 aromatic heterocycles. The normalized spacial score (nSPS) is 19.3. The second-order valence-electron chi connectivity index (χ2n) is 7.50. The van der Waals surface area contributed by atoms with Crippen LogP contribution in [0.15, 0.2) is 18.3 Å². The Bertz CT molecular complexity index is 913. The van der Waals surface area contributed by atoms with Crippen molar-refractivity contribution in [3.05, 3.63) is 35.8 Å². The topological polar surface area (TPSA) is 75.5 Å². The third-order valence-electron chi connectivity index (χ3n) is 5.38. The zero-order valence-electron chi connectivity index (χ0n) is 15.6. The summed E-state index contributed by atoms with van der Waals surface area (Å²) >= 11 is 0. The minimum absolute atomic E-state index is 0.0322. The fraction of sp³-hybridized carbons (Fsp3) is 0.450. The van der Waals surface area contributed by atoms with E-state index in [9.17, 15) is 18.0 Å². The smallest absolute Gasteiger partial charge is 0.303 e. The molecule has 2 aliphatic rings. The van der Waals surface area contributed by atoms with E-state index in [0.29, 0.717) is 13.0 Å². The van der Waals surface area contributed by atoms with E-state index in [0.717, 1.165) is 37.6 Å². The molecule has 1 atom stereocenters. The highest BCUT2D eigenvalue weighted by atomic mass is 19.1. The molecule has 0 spiro atoms. The predicted molar refractivity (Wildman–Crippen MR) is 98.2 cm³/mol. The van der Waals surface area contributed by atoms with E-state index in [4.69, 9.17) is 9.84 Å². The van der Waals surface area contributed by atoms with Crippen molar-refractivity contribution >= 4 is 11.7 Å². The van der Waals surface area contributed by atoms with Crippen molar-refractivity contribution in [3.8, 4) is 17.3 Å². The molecule has 0 bridgehead atoms. The SMILES string of the molecule is O=C(O)CC1CCN(c2c(F)cc(-c3ncc(F)c(OC4CCC4)n3)cc2F)C1. The van der Waals surface area contributed by atoms with Gasteiger partial charge >= 0.3 is 5.97 Å². The van der Waals surface area contributed by atoms with E-state index in [1.165, 1.54) is 4.90 Å². The van der Waals surface area contributed by atoms with E-state index in [-0.39, 0.29) is 47.9 Å². The summed E-state index contributed by atoms with van der Waals surface area (Å²) in [4.78, 5) is 20.2. The summed E-state index contributed by atoms with van der Waals surface area (Å²) in [5, 5.41) is 8.90. The van der Waals surface area contributed by atoms with E-state index in [1.807, 2.05) is 0 Å². The summed E-state index contributed by atoms with van der Waals surface area (Å²) in [5.74, 6) is -3.66. The molecule has 2 aromatic rings. The lowest BCUT2D eigenvalue weighted by Gasteiger charge is -2.25. The van der Waals surface area contributed by atoms with Crippen LogP contribution in [0.4, 0.5) is 18.9 Å². The molecule has 29 heavy (non-hydrogen) atoms. The number of nitrogens with zero attached hydrogens (tertiary/aromatic N) is 3. The van der Waals surface area contributed by atoms with Gasteiger partial charge in [0.15, 0.2) is 5.82 Å². The quantitative estimate of drug-likeness (QED) is 0.785. The molecule has 1 N–H and O–H groups in total. The highest BCUT2D eigenvalue weighted by Crippen LogP contribution is 2.34. The van der Waals surface area contributed by atoms with Gasteiger partial charge in [0.2, 0.25) is 5.82 Å². The first kappa shape index (κ1) is 19.5. The minimum Gasteiger partial charge on any atom is -0.481 e. The van der Waals surface area contributed by atoms with Gasteiger partial charge < -0.3 is 14.7 Å². The number of carboxylic acid groups (broad SMARTS) is 1. The highest BCUT2D eigenvalue weighted by molar-refractivity contribution is 5.67. The molecule has 1 saturated heterocycles. The summed E-state index contributed by atoms with van der Waals surface area (Å²) in [5.41, 5.74) is -0.127. The molecule has 154 valence electrons. The van der Waals surface area contributed by atoms with Crippen LogP contribution in [0.5, 0.6) is 5.88 Å². The van der Waals surface area contributed by atoms with Gasteiger partial charge in [-0.05, 0) is 43.7 Å². The molecular weight excluding hydrogens is 387 g/mol. The number of aromatic nitrogens is 2. The van der Waals surface area contributed by atoms with Crippen molar-refractivity contribution in [3.63, 3.8) is 0 Å². The summed E-state index contributed by atoms with van der Waals surface area (Å²) < 4.78 is 48.9. The zero-order valence-corrected chi connectivity index (χ0v) is 15.6. The monoisotopic (exact) mass is 407 g/mol. The maximum Gasteiger partial charge on any atom is 0.303 e. The second-order valence-corrected chi connectivity index (χ2v) is 7.50. The fourth-order valence-electron chi connectivity index (χ4n) is 3.67. The molecule has 4 rings (SSSR count). The Labute approximate surface area is 165 Å². The van der Waals surface area contributed by atoms with Crippen molar-refractivity contribution < 1.29 is 27.8 Å². The largest absolute Gasteiger partial charge is 0.481 e. The van der Waals surface area contributed by atoms with Crippen LogP contribution in [0.25, 0.3) is 11.4 Å².